The van der Waals surface area contributed by atoms with E-state index in [9.17, 15) is 18.0 Å². The minimum atomic E-state index is -3.65. The van der Waals surface area contributed by atoms with Crippen molar-refractivity contribution in [2.45, 2.75) is 63.6 Å². The first-order chi connectivity index (χ1) is 16.2. The Labute approximate surface area is 218 Å². The maximum absolute atomic E-state index is 13.2. The highest BCUT2D eigenvalue weighted by molar-refractivity contribution is 7.89. The summed E-state index contributed by atoms with van der Waals surface area (Å²) in [5.41, 5.74) is 0.268. The van der Waals surface area contributed by atoms with Gasteiger partial charge in [0.1, 0.15) is 6.04 Å². The van der Waals surface area contributed by atoms with Crippen molar-refractivity contribution >= 4 is 45.0 Å². The molecule has 0 bridgehead atoms. The van der Waals surface area contributed by atoms with Gasteiger partial charge in [-0.15, -0.1) is 0 Å². The van der Waals surface area contributed by atoms with Crippen LogP contribution in [0.4, 0.5) is 0 Å². The second-order valence-electron chi connectivity index (χ2n) is 9.43. The highest BCUT2D eigenvalue weighted by atomic mass is 35.5. The normalized spacial score (nSPS) is 12.9. The minimum absolute atomic E-state index is 0.0725. The lowest BCUT2D eigenvalue weighted by molar-refractivity contribution is -0.141. The van der Waals surface area contributed by atoms with Gasteiger partial charge in [0, 0.05) is 32.1 Å². The van der Waals surface area contributed by atoms with E-state index in [0.717, 1.165) is 5.56 Å². The van der Waals surface area contributed by atoms with Gasteiger partial charge in [0.15, 0.2) is 0 Å². The first-order valence-electron chi connectivity index (χ1n) is 11.3. The van der Waals surface area contributed by atoms with E-state index in [2.05, 4.69) is 5.32 Å². The van der Waals surface area contributed by atoms with Crippen molar-refractivity contribution in [3.63, 3.8) is 0 Å². The van der Waals surface area contributed by atoms with Crippen molar-refractivity contribution in [3.05, 3.63) is 64.1 Å². The summed E-state index contributed by atoms with van der Waals surface area (Å²) in [5.74, 6) is -0.548. The van der Waals surface area contributed by atoms with Crippen LogP contribution in [0.2, 0.25) is 10.0 Å². The number of carbonyl (C=O) groups excluding carboxylic acids is 2. The van der Waals surface area contributed by atoms with E-state index in [0.29, 0.717) is 16.5 Å². The Morgan fingerprint density at radius 3 is 2.23 bits per heavy atom. The van der Waals surface area contributed by atoms with Crippen LogP contribution < -0.4 is 5.32 Å². The van der Waals surface area contributed by atoms with Crippen LogP contribution in [0.15, 0.2) is 53.4 Å². The largest absolute Gasteiger partial charge is 0.350 e. The van der Waals surface area contributed by atoms with Gasteiger partial charge < -0.3 is 10.2 Å². The summed E-state index contributed by atoms with van der Waals surface area (Å²) in [6.07, 6.45) is 0.371. The molecule has 2 rings (SSSR count). The molecule has 0 spiro atoms. The molecule has 0 aliphatic carbocycles. The van der Waals surface area contributed by atoms with E-state index >= 15 is 0 Å². The summed E-state index contributed by atoms with van der Waals surface area (Å²) in [4.78, 5) is 27.8. The summed E-state index contributed by atoms with van der Waals surface area (Å²) in [6, 6.07) is 12.5. The monoisotopic (exact) mass is 541 g/mol. The quantitative estimate of drug-likeness (QED) is 0.471. The molecule has 0 saturated heterocycles. The van der Waals surface area contributed by atoms with Crippen molar-refractivity contribution in [1.29, 1.82) is 0 Å². The lowest BCUT2D eigenvalue weighted by Gasteiger charge is -2.31. The van der Waals surface area contributed by atoms with Crippen molar-refractivity contribution in [3.8, 4) is 0 Å². The van der Waals surface area contributed by atoms with Crippen LogP contribution in [-0.2, 0) is 26.2 Å². The topological polar surface area (TPSA) is 86.8 Å². The van der Waals surface area contributed by atoms with Gasteiger partial charge in [0.25, 0.3) is 0 Å². The SMILES string of the molecule is CC(C(=O)NC(C)(C)C)N(Cc1ccc(Cl)c(Cl)c1)C(=O)CCCN(C)S(=O)(=O)c1ccccc1. The predicted octanol–water partition coefficient (Wildman–Crippen LogP) is 4.73. The molecule has 2 aromatic carbocycles. The second kappa shape index (κ2) is 12.2. The molecule has 0 aliphatic heterocycles. The third-order valence-corrected chi connectivity index (χ3v) is 7.93. The van der Waals surface area contributed by atoms with Crippen molar-refractivity contribution in [2.24, 2.45) is 0 Å². The van der Waals surface area contributed by atoms with E-state index in [-0.39, 0.29) is 36.2 Å². The summed E-state index contributed by atoms with van der Waals surface area (Å²) in [5, 5.41) is 3.66. The van der Waals surface area contributed by atoms with Gasteiger partial charge in [0.05, 0.1) is 14.9 Å². The number of halogens is 2. The average Bonchev–Trinajstić information content (AvgIpc) is 2.78. The third-order valence-electron chi connectivity index (χ3n) is 5.32. The maximum atomic E-state index is 13.2. The molecule has 2 amide bonds. The Morgan fingerprint density at radius 2 is 1.66 bits per heavy atom. The average molecular weight is 543 g/mol. The van der Waals surface area contributed by atoms with Crippen LogP contribution in [-0.4, -0.2) is 54.6 Å². The fraction of sp³-hybridized carbons (Fsp3) is 0.440. The van der Waals surface area contributed by atoms with Crippen LogP contribution >= 0.6 is 23.2 Å². The van der Waals surface area contributed by atoms with Gasteiger partial charge in [0.2, 0.25) is 21.8 Å². The molecule has 1 N–H and O–H groups in total. The van der Waals surface area contributed by atoms with E-state index in [1.807, 2.05) is 20.8 Å². The molecule has 0 radical (unpaired) electrons. The highest BCUT2D eigenvalue weighted by Gasteiger charge is 2.29. The maximum Gasteiger partial charge on any atom is 0.242 e. The Bertz CT molecular complexity index is 1140. The van der Waals surface area contributed by atoms with Crippen molar-refractivity contribution < 1.29 is 18.0 Å². The molecular formula is C25H33Cl2N3O4S. The van der Waals surface area contributed by atoms with E-state index in [1.165, 1.54) is 28.4 Å². The number of carbonyl (C=O) groups is 2. The molecule has 7 nitrogen and oxygen atoms in total. The van der Waals surface area contributed by atoms with Gasteiger partial charge in [-0.05, 0) is 63.9 Å². The second-order valence-corrected chi connectivity index (χ2v) is 12.3. The van der Waals surface area contributed by atoms with Crippen LogP contribution in [0.5, 0.6) is 0 Å². The van der Waals surface area contributed by atoms with Crippen LogP contribution in [0.3, 0.4) is 0 Å². The number of benzene rings is 2. The van der Waals surface area contributed by atoms with Crippen LogP contribution in [0.1, 0.15) is 46.1 Å². The molecule has 10 heteroatoms. The molecule has 1 unspecified atom stereocenters. The zero-order chi connectivity index (χ0) is 26.4. The summed E-state index contributed by atoms with van der Waals surface area (Å²) in [6.45, 7) is 7.59. The molecular weight excluding hydrogens is 509 g/mol. The number of amides is 2. The molecule has 1 atom stereocenters. The van der Waals surface area contributed by atoms with Gasteiger partial charge in [-0.3, -0.25) is 9.59 Å². The Balaban J connectivity index is 2.13. The first-order valence-corrected chi connectivity index (χ1v) is 13.5. The predicted molar refractivity (Wildman–Crippen MR) is 140 cm³/mol. The third kappa shape index (κ3) is 8.49. The van der Waals surface area contributed by atoms with Gasteiger partial charge in [-0.1, -0.05) is 47.5 Å². The van der Waals surface area contributed by atoms with Crippen molar-refractivity contribution in [1.82, 2.24) is 14.5 Å². The fourth-order valence-corrected chi connectivity index (χ4v) is 4.93. The lowest BCUT2D eigenvalue weighted by atomic mass is 10.1. The molecule has 0 heterocycles. The lowest BCUT2D eigenvalue weighted by Crippen LogP contribution is -2.52. The number of nitrogens with one attached hydrogen (secondary N) is 1. The summed E-state index contributed by atoms with van der Waals surface area (Å²) in [7, 11) is -2.16. The van der Waals surface area contributed by atoms with E-state index < -0.39 is 21.6 Å². The summed E-state index contributed by atoms with van der Waals surface area (Å²) < 4.78 is 26.7. The Morgan fingerprint density at radius 1 is 1.03 bits per heavy atom. The molecule has 0 saturated carbocycles. The smallest absolute Gasteiger partial charge is 0.242 e. The van der Waals surface area contributed by atoms with Gasteiger partial charge >= 0.3 is 0 Å². The standard InChI is InChI=1S/C25H33Cl2N3O4S/c1-18(24(32)28-25(2,3)4)30(17-19-13-14-21(26)22(27)16-19)23(31)12-9-15-29(5)35(33,34)20-10-7-6-8-11-20/h6-8,10-11,13-14,16,18H,9,12,15,17H2,1-5H3,(H,28,32). The van der Waals surface area contributed by atoms with E-state index in [4.69, 9.17) is 23.2 Å². The van der Waals surface area contributed by atoms with Crippen LogP contribution in [0, 0.1) is 0 Å². The molecule has 0 aliphatic rings. The number of nitrogens with zero attached hydrogens (tertiary/aromatic N) is 2. The molecule has 35 heavy (non-hydrogen) atoms. The van der Waals surface area contributed by atoms with Crippen LogP contribution in [0.25, 0.3) is 0 Å². The van der Waals surface area contributed by atoms with Gasteiger partial charge in [-0.2, -0.15) is 0 Å². The van der Waals surface area contributed by atoms with Gasteiger partial charge in [-0.25, -0.2) is 12.7 Å². The zero-order valence-electron chi connectivity index (χ0n) is 20.7. The number of hydrogen-bond donors (Lipinski definition) is 1. The molecule has 0 fully saturated rings. The number of hydrogen-bond acceptors (Lipinski definition) is 4. The van der Waals surface area contributed by atoms with Crippen molar-refractivity contribution in [2.75, 3.05) is 13.6 Å². The number of rotatable bonds is 10. The Hall–Kier alpha value is -2.13. The minimum Gasteiger partial charge on any atom is -0.350 e. The number of sulfonamides is 1. The summed E-state index contributed by atoms with van der Waals surface area (Å²) >= 11 is 12.2. The highest BCUT2D eigenvalue weighted by Crippen LogP contribution is 2.24. The van der Waals surface area contributed by atoms with E-state index in [1.54, 1.807) is 43.3 Å². The molecule has 0 aromatic heterocycles. The first kappa shape index (κ1) is 29.1. The molecule has 192 valence electrons. The molecule has 2 aromatic rings. The zero-order valence-corrected chi connectivity index (χ0v) is 23.0. The fourth-order valence-electron chi connectivity index (χ4n) is 3.38. The Kier molecular flexibility index (Phi) is 10.2.